The quantitative estimate of drug-likeness (QED) is 0.158. The second-order valence-corrected chi connectivity index (χ2v) is 8.45. The monoisotopic (exact) mass is 512 g/mol. The van der Waals surface area contributed by atoms with Gasteiger partial charge in [-0.2, -0.15) is 0 Å². The molecule has 0 spiro atoms. The summed E-state index contributed by atoms with van der Waals surface area (Å²) in [4.78, 5) is 12.8. The number of anilines is 2. The van der Waals surface area contributed by atoms with Crippen LogP contribution in [-0.2, 0) is 26.3 Å². The third-order valence-corrected chi connectivity index (χ3v) is 5.89. The Morgan fingerprint density at radius 2 is 1.50 bits per heavy atom. The summed E-state index contributed by atoms with van der Waals surface area (Å²) in [6.45, 7) is 0. The summed E-state index contributed by atoms with van der Waals surface area (Å²) in [6.07, 6.45) is 0. The summed E-state index contributed by atoms with van der Waals surface area (Å²) in [5.41, 5.74) is 8.43. The van der Waals surface area contributed by atoms with Crippen LogP contribution in [-0.4, -0.2) is 43.1 Å². The van der Waals surface area contributed by atoms with Crippen molar-refractivity contribution in [3.05, 3.63) is 82.9 Å². The normalized spacial score (nSPS) is 12.2. The van der Waals surface area contributed by atoms with E-state index in [0.717, 1.165) is 0 Å². The van der Waals surface area contributed by atoms with Gasteiger partial charge in [-0.1, -0.05) is 12.1 Å². The highest BCUT2D eigenvalue weighted by Gasteiger charge is 2.23. The Morgan fingerprint density at radius 1 is 0.889 bits per heavy atom. The predicted molar refractivity (Wildman–Crippen MR) is 140 cm³/mol. The minimum Gasteiger partial charge on any atom is -0.496 e. The molecule has 0 saturated carbocycles. The van der Waals surface area contributed by atoms with Crippen LogP contribution in [0, 0.1) is 0 Å². The molecular weight excluding hydrogens is 484 g/mol. The van der Waals surface area contributed by atoms with E-state index >= 15 is 0 Å². The predicted octanol–water partition coefficient (Wildman–Crippen LogP) is 4.38. The number of nitrogens with two attached hydrogens (primary N) is 1. The Kier molecular flexibility index (Phi) is 8.93. The van der Waals surface area contributed by atoms with E-state index in [2.05, 4.69) is 5.32 Å². The van der Waals surface area contributed by atoms with Gasteiger partial charge in [0.25, 0.3) is 5.91 Å². The van der Waals surface area contributed by atoms with Crippen LogP contribution in [0.1, 0.15) is 27.0 Å². The summed E-state index contributed by atoms with van der Waals surface area (Å²) in [5, 5.41) is 2.79. The van der Waals surface area contributed by atoms with Crippen LogP contribution in [0.25, 0.3) is 11.5 Å². The number of methoxy groups -OCH3 is 4. The van der Waals surface area contributed by atoms with Crippen LogP contribution >= 0.6 is 0 Å². The maximum absolute atomic E-state index is 12.8. The molecule has 36 heavy (non-hydrogen) atoms. The van der Waals surface area contributed by atoms with Crippen molar-refractivity contribution >= 4 is 39.9 Å². The zero-order chi connectivity index (χ0) is 26.2. The van der Waals surface area contributed by atoms with Gasteiger partial charge in [-0.25, -0.2) is 4.21 Å². The average Bonchev–Trinajstić information content (AvgIpc) is 2.87. The number of para-hydroxylation sites is 1. The second kappa shape index (κ2) is 12.1. The number of carbonyl (C=O) groups is 1. The molecule has 0 radical (unpaired) electrons. The third-order valence-electron chi connectivity index (χ3n) is 5.34. The molecule has 0 bridgehead atoms. The van der Waals surface area contributed by atoms with Crippen molar-refractivity contribution in [3.63, 3.8) is 0 Å². The van der Waals surface area contributed by atoms with Crippen molar-refractivity contribution in [1.29, 1.82) is 0 Å². The highest BCUT2D eigenvalue weighted by Crippen LogP contribution is 2.38. The van der Waals surface area contributed by atoms with E-state index in [9.17, 15) is 13.6 Å². The molecule has 0 aliphatic carbocycles. The zero-order valence-corrected chi connectivity index (χ0v) is 21.2. The lowest BCUT2D eigenvalue weighted by atomic mass is 10.0. The molecule has 190 valence electrons. The highest BCUT2D eigenvalue weighted by atomic mass is 32.2. The van der Waals surface area contributed by atoms with Gasteiger partial charge in [0.05, 0.1) is 45.4 Å². The van der Waals surface area contributed by atoms with Crippen LogP contribution in [0.5, 0.6) is 11.5 Å². The molecule has 0 aliphatic heterocycles. The van der Waals surface area contributed by atoms with Gasteiger partial charge < -0.3 is 34.6 Å². The Balaban J connectivity index is 2.18. The van der Waals surface area contributed by atoms with E-state index in [1.807, 2.05) is 12.1 Å². The first kappa shape index (κ1) is 26.6. The van der Waals surface area contributed by atoms with Crippen LogP contribution in [0.3, 0.4) is 0 Å². The van der Waals surface area contributed by atoms with Gasteiger partial charge in [-0.3, -0.25) is 4.79 Å². The number of nitrogen functional groups attached to an aromatic ring is 1. The first-order valence-electron chi connectivity index (χ1n) is 10.7. The molecule has 1 unspecified atom stereocenters. The van der Waals surface area contributed by atoms with E-state index in [-0.39, 0.29) is 11.5 Å². The van der Waals surface area contributed by atoms with Crippen molar-refractivity contribution in [1.82, 2.24) is 0 Å². The molecule has 9 nitrogen and oxygen atoms in total. The molecule has 1 amide bonds. The zero-order valence-electron chi connectivity index (χ0n) is 20.4. The van der Waals surface area contributed by atoms with Gasteiger partial charge in [0, 0.05) is 16.8 Å². The van der Waals surface area contributed by atoms with Crippen LogP contribution in [0.4, 0.5) is 11.4 Å². The third kappa shape index (κ3) is 5.96. The molecule has 4 N–H and O–H groups in total. The molecule has 0 fully saturated rings. The smallest absolute Gasteiger partial charge is 0.255 e. The summed E-state index contributed by atoms with van der Waals surface area (Å²) in [5.74, 6) is 0.866. The molecular formula is C26H28N2O7S. The number of carbonyl (C=O) groups excluding carboxylic acids is 1. The molecule has 10 heteroatoms. The standard InChI is InChI=1S/C26H28N2O7S/c1-32-22-8-6-5-7-19(22)24(34-3)25(35-4)20-14-23(33-2)21(13-17(20)15-36(30)31)28-26(29)16-9-11-18(27)12-10-16/h5-14H,15,27H2,1-4H3,(H,28,29)(H,30,31). The molecule has 0 heterocycles. The Bertz CT molecular complexity index is 1290. The molecule has 0 aromatic heterocycles. The SMILES string of the molecule is COC(=C(OC)c1ccccc1OC)c1cc(OC)c(NC(=O)c2ccc(N)cc2)cc1CS(=O)O. The van der Waals surface area contributed by atoms with Gasteiger partial charge in [0.2, 0.25) is 0 Å². The minimum atomic E-state index is -2.19. The maximum Gasteiger partial charge on any atom is 0.255 e. The fraction of sp³-hybridized carbons (Fsp3) is 0.192. The van der Waals surface area contributed by atoms with Gasteiger partial charge in [-0.15, -0.1) is 0 Å². The number of ether oxygens (including phenoxy) is 4. The fourth-order valence-corrected chi connectivity index (χ4v) is 4.17. The lowest BCUT2D eigenvalue weighted by Crippen LogP contribution is -2.14. The molecule has 0 aliphatic rings. The number of benzene rings is 3. The van der Waals surface area contributed by atoms with Crippen LogP contribution in [0.15, 0.2) is 60.7 Å². The van der Waals surface area contributed by atoms with E-state index < -0.39 is 17.0 Å². The summed E-state index contributed by atoms with van der Waals surface area (Å²) < 4.78 is 44.0. The Morgan fingerprint density at radius 3 is 2.08 bits per heavy atom. The van der Waals surface area contributed by atoms with Gasteiger partial charge in [0.15, 0.2) is 22.6 Å². The Labute approximate surface area is 212 Å². The highest BCUT2D eigenvalue weighted by molar-refractivity contribution is 7.78. The molecule has 1 atom stereocenters. The fourth-order valence-electron chi connectivity index (χ4n) is 3.67. The molecule has 3 rings (SSSR count). The lowest BCUT2D eigenvalue weighted by Gasteiger charge is -2.20. The topological polar surface area (TPSA) is 129 Å². The lowest BCUT2D eigenvalue weighted by molar-refractivity contribution is 0.102. The summed E-state index contributed by atoms with van der Waals surface area (Å²) in [7, 11) is 5.95. The Hall–Kier alpha value is -4.02. The summed E-state index contributed by atoms with van der Waals surface area (Å²) in [6, 6.07) is 16.9. The molecule has 3 aromatic rings. The van der Waals surface area contributed by atoms with Crippen molar-refractivity contribution < 1.29 is 32.5 Å². The van der Waals surface area contributed by atoms with Crippen molar-refractivity contribution in [2.45, 2.75) is 5.75 Å². The average molecular weight is 513 g/mol. The van der Waals surface area contributed by atoms with Gasteiger partial charge in [0.1, 0.15) is 11.5 Å². The number of amides is 1. The van der Waals surface area contributed by atoms with Crippen molar-refractivity contribution in [2.75, 3.05) is 39.5 Å². The first-order valence-corrected chi connectivity index (χ1v) is 12.0. The van der Waals surface area contributed by atoms with E-state index in [4.69, 9.17) is 24.7 Å². The van der Waals surface area contributed by atoms with Gasteiger partial charge in [-0.05, 0) is 54.1 Å². The first-order chi connectivity index (χ1) is 17.3. The van der Waals surface area contributed by atoms with E-state index in [1.54, 1.807) is 55.6 Å². The number of hydrogen-bond donors (Lipinski definition) is 3. The number of nitrogens with one attached hydrogen (secondary N) is 1. The van der Waals surface area contributed by atoms with Crippen LogP contribution < -0.4 is 20.5 Å². The second-order valence-electron chi connectivity index (χ2n) is 7.52. The van der Waals surface area contributed by atoms with Crippen LogP contribution in [0.2, 0.25) is 0 Å². The minimum absolute atomic E-state index is 0.236. The van der Waals surface area contributed by atoms with E-state index in [1.165, 1.54) is 21.3 Å². The number of hydrogen-bond acceptors (Lipinski definition) is 7. The maximum atomic E-state index is 12.8. The molecule has 0 saturated heterocycles. The van der Waals surface area contributed by atoms with Crippen molar-refractivity contribution in [2.24, 2.45) is 0 Å². The number of rotatable bonds is 10. The van der Waals surface area contributed by atoms with E-state index in [0.29, 0.717) is 50.9 Å². The van der Waals surface area contributed by atoms with Crippen molar-refractivity contribution in [3.8, 4) is 11.5 Å². The largest absolute Gasteiger partial charge is 0.496 e. The molecule has 3 aromatic carbocycles. The summed E-state index contributed by atoms with van der Waals surface area (Å²) >= 11 is -2.19. The van der Waals surface area contributed by atoms with Gasteiger partial charge >= 0.3 is 0 Å².